The van der Waals surface area contributed by atoms with Crippen molar-refractivity contribution in [3.05, 3.63) is 60.3 Å². The van der Waals surface area contributed by atoms with Crippen LogP contribution in [0.1, 0.15) is 37.7 Å². The zero-order valence-electron chi connectivity index (χ0n) is 18.2. The van der Waals surface area contributed by atoms with E-state index in [-0.39, 0.29) is 17.9 Å². The number of halogens is 3. The monoisotopic (exact) mass is 458 g/mol. The minimum Gasteiger partial charge on any atom is -0.497 e. The summed E-state index contributed by atoms with van der Waals surface area (Å²) in [6.07, 6.45) is 1.96. The second-order valence-electron chi connectivity index (χ2n) is 7.83. The van der Waals surface area contributed by atoms with Gasteiger partial charge in [0.25, 0.3) is 0 Å². The molecule has 1 fully saturated rings. The molecule has 4 rings (SSSR count). The highest BCUT2D eigenvalue weighted by molar-refractivity contribution is 5.63. The SMILES string of the molecule is COc1ccc(Nc2ncc(C(F)(F)F)c(Nc3ccc(OC4CCCCC4)cc3)n2)cc1. The predicted octanol–water partition coefficient (Wildman–Crippen LogP) is 6.70. The van der Waals surface area contributed by atoms with Crippen molar-refractivity contribution in [2.24, 2.45) is 0 Å². The molecule has 1 heterocycles. The van der Waals surface area contributed by atoms with Crippen LogP contribution in [0.3, 0.4) is 0 Å². The Kier molecular flexibility index (Phi) is 6.86. The van der Waals surface area contributed by atoms with Gasteiger partial charge in [-0.3, -0.25) is 0 Å². The molecule has 0 saturated heterocycles. The van der Waals surface area contributed by atoms with E-state index in [2.05, 4.69) is 20.6 Å². The Balaban J connectivity index is 1.51. The molecular formula is C24H25F3N4O2. The van der Waals surface area contributed by atoms with Crippen LogP contribution in [0.4, 0.5) is 36.3 Å². The van der Waals surface area contributed by atoms with E-state index < -0.39 is 11.7 Å². The van der Waals surface area contributed by atoms with E-state index in [0.717, 1.165) is 31.9 Å². The summed E-state index contributed by atoms with van der Waals surface area (Å²) < 4.78 is 51.7. The van der Waals surface area contributed by atoms with E-state index in [9.17, 15) is 13.2 Å². The standard InChI is InChI=1S/C24H25F3N4O2/c1-32-18-11-7-17(8-12-18)30-23-28-15-21(24(25,26)27)22(31-23)29-16-9-13-20(14-10-16)33-19-5-3-2-4-6-19/h7-15,19H,2-6H2,1H3,(H2,28,29,30,31). The molecule has 0 spiro atoms. The molecule has 0 atom stereocenters. The lowest BCUT2D eigenvalue weighted by Gasteiger charge is -2.23. The number of aromatic nitrogens is 2. The lowest BCUT2D eigenvalue weighted by Crippen LogP contribution is -2.19. The normalized spacial score (nSPS) is 14.5. The van der Waals surface area contributed by atoms with Crippen molar-refractivity contribution < 1.29 is 22.6 Å². The van der Waals surface area contributed by atoms with Crippen molar-refractivity contribution in [3.8, 4) is 11.5 Å². The molecule has 0 bridgehead atoms. The van der Waals surface area contributed by atoms with Crippen molar-refractivity contribution in [2.45, 2.75) is 44.4 Å². The molecule has 2 N–H and O–H groups in total. The van der Waals surface area contributed by atoms with E-state index in [1.807, 2.05) is 0 Å². The quantitative estimate of drug-likeness (QED) is 0.411. The third-order valence-electron chi connectivity index (χ3n) is 5.41. The number of hydrogen-bond acceptors (Lipinski definition) is 6. The minimum absolute atomic E-state index is 0.0351. The van der Waals surface area contributed by atoms with Gasteiger partial charge in [-0.25, -0.2) is 4.98 Å². The summed E-state index contributed by atoms with van der Waals surface area (Å²) in [5, 5.41) is 5.68. The van der Waals surface area contributed by atoms with Crippen molar-refractivity contribution in [2.75, 3.05) is 17.7 Å². The zero-order valence-corrected chi connectivity index (χ0v) is 18.2. The fourth-order valence-electron chi connectivity index (χ4n) is 3.68. The summed E-state index contributed by atoms with van der Waals surface area (Å²) in [6.45, 7) is 0. The summed E-state index contributed by atoms with van der Waals surface area (Å²) in [4.78, 5) is 7.90. The third-order valence-corrected chi connectivity index (χ3v) is 5.41. The maximum absolute atomic E-state index is 13.5. The second kappa shape index (κ2) is 9.97. The van der Waals surface area contributed by atoms with Gasteiger partial charge in [-0.1, -0.05) is 6.42 Å². The van der Waals surface area contributed by atoms with E-state index in [1.54, 1.807) is 55.6 Å². The Bertz CT molecular complexity index is 1050. The molecule has 3 aromatic rings. The van der Waals surface area contributed by atoms with Gasteiger partial charge in [0.05, 0.1) is 13.2 Å². The molecule has 6 nitrogen and oxygen atoms in total. The van der Waals surface area contributed by atoms with Gasteiger partial charge in [-0.15, -0.1) is 0 Å². The number of rotatable bonds is 7. The first-order valence-corrected chi connectivity index (χ1v) is 10.8. The van der Waals surface area contributed by atoms with Gasteiger partial charge in [-0.2, -0.15) is 18.2 Å². The maximum atomic E-state index is 13.5. The number of methoxy groups -OCH3 is 1. The molecule has 1 aromatic heterocycles. The van der Waals surface area contributed by atoms with Crippen LogP contribution in [-0.2, 0) is 6.18 Å². The first kappa shape index (κ1) is 22.7. The Labute approximate surface area is 190 Å². The van der Waals surface area contributed by atoms with Crippen LogP contribution in [0.15, 0.2) is 54.7 Å². The molecule has 174 valence electrons. The van der Waals surface area contributed by atoms with Gasteiger partial charge in [0.1, 0.15) is 22.9 Å². The fraction of sp³-hybridized carbons (Fsp3) is 0.333. The summed E-state index contributed by atoms with van der Waals surface area (Å²) >= 11 is 0. The van der Waals surface area contributed by atoms with Crippen LogP contribution < -0.4 is 20.1 Å². The van der Waals surface area contributed by atoms with Crippen LogP contribution >= 0.6 is 0 Å². The summed E-state index contributed by atoms with van der Waals surface area (Å²) in [6, 6.07) is 13.7. The van der Waals surface area contributed by atoms with Crippen LogP contribution in [-0.4, -0.2) is 23.2 Å². The Morgan fingerprint density at radius 3 is 2.06 bits per heavy atom. The molecule has 33 heavy (non-hydrogen) atoms. The van der Waals surface area contributed by atoms with Gasteiger partial charge in [0, 0.05) is 17.6 Å². The number of anilines is 4. The van der Waals surface area contributed by atoms with Crippen LogP contribution in [0.25, 0.3) is 0 Å². The topological polar surface area (TPSA) is 68.3 Å². The maximum Gasteiger partial charge on any atom is 0.421 e. The van der Waals surface area contributed by atoms with Gasteiger partial charge >= 0.3 is 6.18 Å². The summed E-state index contributed by atoms with van der Waals surface area (Å²) in [5.74, 6) is 1.06. The molecule has 0 radical (unpaired) electrons. The van der Waals surface area contributed by atoms with E-state index in [1.165, 1.54) is 6.42 Å². The Hall–Kier alpha value is -3.49. The highest BCUT2D eigenvalue weighted by Crippen LogP contribution is 2.35. The average molecular weight is 458 g/mol. The Morgan fingerprint density at radius 1 is 0.848 bits per heavy atom. The van der Waals surface area contributed by atoms with E-state index in [4.69, 9.17) is 9.47 Å². The largest absolute Gasteiger partial charge is 0.497 e. The molecule has 0 amide bonds. The highest BCUT2D eigenvalue weighted by Gasteiger charge is 2.35. The molecular weight excluding hydrogens is 433 g/mol. The molecule has 1 aliphatic rings. The van der Waals surface area contributed by atoms with Crippen molar-refractivity contribution in [3.63, 3.8) is 0 Å². The van der Waals surface area contributed by atoms with Crippen molar-refractivity contribution in [1.82, 2.24) is 9.97 Å². The third kappa shape index (κ3) is 6.06. The molecule has 2 aromatic carbocycles. The lowest BCUT2D eigenvalue weighted by atomic mass is 9.98. The van der Waals surface area contributed by atoms with Gasteiger partial charge in [0.15, 0.2) is 0 Å². The molecule has 0 aliphatic heterocycles. The van der Waals surface area contributed by atoms with Gasteiger partial charge in [0.2, 0.25) is 5.95 Å². The van der Waals surface area contributed by atoms with E-state index in [0.29, 0.717) is 22.9 Å². The number of hydrogen-bond donors (Lipinski definition) is 2. The minimum atomic E-state index is -4.61. The molecule has 1 saturated carbocycles. The van der Waals surface area contributed by atoms with Crippen LogP contribution in [0, 0.1) is 0 Å². The average Bonchev–Trinajstić information content (AvgIpc) is 2.81. The highest BCUT2D eigenvalue weighted by atomic mass is 19.4. The lowest BCUT2D eigenvalue weighted by molar-refractivity contribution is -0.137. The Morgan fingerprint density at radius 2 is 1.45 bits per heavy atom. The van der Waals surface area contributed by atoms with Crippen LogP contribution in [0.2, 0.25) is 0 Å². The number of benzene rings is 2. The number of nitrogens with one attached hydrogen (secondary N) is 2. The number of alkyl halides is 3. The van der Waals surface area contributed by atoms with Crippen molar-refractivity contribution in [1.29, 1.82) is 0 Å². The smallest absolute Gasteiger partial charge is 0.421 e. The fourth-order valence-corrected chi connectivity index (χ4v) is 3.68. The number of ether oxygens (including phenoxy) is 2. The predicted molar refractivity (Wildman–Crippen MR) is 121 cm³/mol. The van der Waals surface area contributed by atoms with Gasteiger partial charge < -0.3 is 20.1 Å². The number of nitrogens with zero attached hydrogens (tertiary/aromatic N) is 2. The molecule has 9 heteroatoms. The van der Waals surface area contributed by atoms with E-state index >= 15 is 0 Å². The first-order chi connectivity index (χ1) is 15.9. The first-order valence-electron chi connectivity index (χ1n) is 10.8. The van der Waals surface area contributed by atoms with Crippen molar-refractivity contribution >= 4 is 23.1 Å². The second-order valence-corrected chi connectivity index (χ2v) is 7.83. The van der Waals surface area contributed by atoms with Gasteiger partial charge in [-0.05, 0) is 74.2 Å². The molecule has 1 aliphatic carbocycles. The zero-order chi connectivity index (χ0) is 23.3. The summed E-state index contributed by atoms with van der Waals surface area (Å²) in [5.41, 5.74) is 0.127. The summed E-state index contributed by atoms with van der Waals surface area (Å²) in [7, 11) is 1.55. The molecule has 0 unspecified atom stereocenters. The van der Waals surface area contributed by atoms with Crippen LogP contribution in [0.5, 0.6) is 11.5 Å².